The van der Waals surface area contributed by atoms with Crippen LogP contribution >= 0.6 is 82.3 Å². The lowest BCUT2D eigenvalue weighted by Gasteiger charge is -2.11. The standard InChI is InChI=1S/C17H10ClFN2O3S.C13H12Cl2FNO3S2.C6H7NS/c1-2-24-17(23)12-13(22)8-7-9(19)14(18)20-15(8)21-10-5-3-4-6-11(10)25-16(12)21;1-4-20-12(19)8(13(21-2)22-3)9(18)6-5-7(16)11(15)17-10(6)14;7-5-3-1-2-4-6(5)8/h3-7H,2H2,1H3;5H,4H2,1-3H3;1-4,8H,7H2. The van der Waals surface area contributed by atoms with Crippen LogP contribution in [0.4, 0.5) is 14.5 Å². The number of nitrogen functional groups attached to an aromatic ring is 1. The van der Waals surface area contributed by atoms with Crippen LogP contribution in [0.25, 0.3) is 26.1 Å². The Morgan fingerprint density at radius 2 is 1.49 bits per heavy atom. The van der Waals surface area contributed by atoms with E-state index in [0.717, 1.165) is 32.9 Å². The molecule has 0 aliphatic rings. The van der Waals surface area contributed by atoms with Gasteiger partial charge in [-0.3, -0.25) is 14.0 Å². The van der Waals surface area contributed by atoms with Crippen molar-refractivity contribution in [1.82, 2.24) is 14.4 Å². The van der Waals surface area contributed by atoms with Crippen molar-refractivity contribution >= 4 is 132 Å². The number of halogens is 5. The van der Waals surface area contributed by atoms with Crippen molar-refractivity contribution in [1.29, 1.82) is 0 Å². The zero-order valence-corrected chi connectivity index (χ0v) is 34.7. The first-order valence-electron chi connectivity index (χ1n) is 15.7. The van der Waals surface area contributed by atoms with Gasteiger partial charge >= 0.3 is 11.9 Å². The third-order valence-corrected chi connectivity index (χ3v) is 11.7. The minimum Gasteiger partial charge on any atom is -0.462 e. The minimum absolute atomic E-state index is 0.0222. The second-order valence-electron chi connectivity index (χ2n) is 10.5. The van der Waals surface area contributed by atoms with Crippen LogP contribution in [0.15, 0.2) is 80.2 Å². The molecule has 288 valence electrons. The Morgan fingerprint density at radius 3 is 2.09 bits per heavy atom. The zero-order valence-electron chi connectivity index (χ0n) is 29.1. The van der Waals surface area contributed by atoms with Crippen molar-refractivity contribution in [3.8, 4) is 0 Å². The number of hydrogen-bond donors (Lipinski definition) is 2. The molecule has 0 saturated heterocycles. The Labute approximate surface area is 345 Å². The van der Waals surface area contributed by atoms with Gasteiger partial charge in [0.1, 0.15) is 21.1 Å². The number of esters is 2. The molecule has 6 aromatic rings. The summed E-state index contributed by atoms with van der Waals surface area (Å²) in [6.07, 6.45) is 3.42. The zero-order chi connectivity index (χ0) is 40.6. The van der Waals surface area contributed by atoms with Crippen molar-refractivity contribution in [2.75, 3.05) is 31.5 Å². The molecule has 0 atom stereocenters. The smallest absolute Gasteiger partial charge is 0.345 e. The van der Waals surface area contributed by atoms with E-state index in [1.54, 1.807) is 30.8 Å². The summed E-state index contributed by atoms with van der Waals surface area (Å²) in [5, 5.41) is -1.08. The van der Waals surface area contributed by atoms with Gasteiger partial charge in [0.15, 0.2) is 27.6 Å². The van der Waals surface area contributed by atoms with Gasteiger partial charge in [0.05, 0.1) is 38.6 Å². The summed E-state index contributed by atoms with van der Waals surface area (Å²) in [5.74, 6) is -4.01. The Balaban J connectivity index is 0.000000205. The molecular weight excluding hydrogens is 857 g/mol. The predicted molar refractivity (Wildman–Crippen MR) is 223 cm³/mol. The summed E-state index contributed by atoms with van der Waals surface area (Å²) in [6, 6.07) is 16.7. The number of para-hydroxylation sites is 2. The Morgan fingerprint density at radius 1 is 0.891 bits per heavy atom. The number of nitrogens with two attached hydrogens (primary N) is 1. The molecule has 2 N–H and O–H groups in total. The number of benzene rings is 2. The summed E-state index contributed by atoms with van der Waals surface area (Å²) in [6.45, 7) is 3.50. The first-order valence-corrected chi connectivity index (χ1v) is 20.5. The van der Waals surface area contributed by atoms with Crippen molar-refractivity contribution in [2.45, 2.75) is 18.7 Å². The number of anilines is 1. The van der Waals surface area contributed by atoms with Crippen molar-refractivity contribution in [2.24, 2.45) is 0 Å². The van der Waals surface area contributed by atoms with Crippen LogP contribution in [-0.2, 0) is 14.3 Å². The molecule has 55 heavy (non-hydrogen) atoms. The van der Waals surface area contributed by atoms with Crippen LogP contribution in [0.2, 0.25) is 15.5 Å². The number of aromatic nitrogens is 3. The minimum atomic E-state index is -0.896. The van der Waals surface area contributed by atoms with Gasteiger partial charge in [0.25, 0.3) is 0 Å². The molecule has 0 amide bonds. The van der Waals surface area contributed by atoms with E-state index in [2.05, 4.69) is 22.6 Å². The lowest BCUT2D eigenvalue weighted by molar-refractivity contribution is -0.138. The fourth-order valence-electron chi connectivity index (χ4n) is 4.76. The number of fused-ring (bicyclic) bond motifs is 5. The first kappa shape index (κ1) is 43.8. The molecule has 6 rings (SSSR count). The van der Waals surface area contributed by atoms with Crippen LogP contribution in [0.5, 0.6) is 0 Å². The van der Waals surface area contributed by atoms with Crippen LogP contribution < -0.4 is 11.2 Å². The van der Waals surface area contributed by atoms with E-state index in [9.17, 15) is 28.0 Å². The molecular formula is C36H29Cl3F2N4O6S4. The normalized spacial score (nSPS) is 10.7. The molecule has 0 aliphatic heterocycles. The second kappa shape index (κ2) is 19.8. The highest BCUT2D eigenvalue weighted by atomic mass is 35.5. The monoisotopic (exact) mass is 884 g/mol. The molecule has 0 saturated carbocycles. The van der Waals surface area contributed by atoms with E-state index in [0.29, 0.717) is 9.07 Å². The number of nitrogens with zero attached hydrogens (tertiary/aromatic N) is 3. The molecule has 10 nitrogen and oxygen atoms in total. The highest BCUT2D eigenvalue weighted by Crippen LogP contribution is 2.33. The number of rotatable bonds is 8. The maximum atomic E-state index is 13.9. The average molecular weight is 886 g/mol. The van der Waals surface area contributed by atoms with Gasteiger partial charge in [0, 0.05) is 10.6 Å². The highest BCUT2D eigenvalue weighted by molar-refractivity contribution is 8.21. The number of carbonyl (C=O) groups is 3. The third-order valence-electron chi connectivity index (χ3n) is 7.16. The van der Waals surface area contributed by atoms with Crippen LogP contribution in [0.1, 0.15) is 34.6 Å². The maximum absolute atomic E-state index is 13.9. The molecule has 4 aromatic heterocycles. The molecule has 2 aromatic carbocycles. The van der Waals surface area contributed by atoms with Gasteiger partial charge in [-0.15, -0.1) is 47.5 Å². The Bertz CT molecular complexity index is 2510. The molecule has 0 bridgehead atoms. The first-order chi connectivity index (χ1) is 26.2. The number of hydrogen-bond acceptors (Lipinski definition) is 13. The van der Waals surface area contributed by atoms with Gasteiger partial charge in [-0.2, -0.15) is 0 Å². The summed E-state index contributed by atoms with van der Waals surface area (Å²) in [4.78, 5) is 58.7. The summed E-state index contributed by atoms with van der Waals surface area (Å²) >= 11 is 24.9. The molecule has 0 unspecified atom stereocenters. The number of carbonyl (C=O) groups excluding carboxylic acids is 3. The number of thiazole rings is 1. The van der Waals surface area contributed by atoms with E-state index in [1.807, 2.05) is 48.5 Å². The van der Waals surface area contributed by atoms with E-state index < -0.39 is 39.9 Å². The van der Waals surface area contributed by atoms with Gasteiger partial charge in [0.2, 0.25) is 11.2 Å². The third kappa shape index (κ3) is 9.92. The van der Waals surface area contributed by atoms with Crippen LogP contribution in [-0.4, -0.2) is 57.8 Å². The number of thioether (sulfide) groups is 2. The summed E-state index contributed by atoms with van der Waals surface area (Å²) < 4.78 is 40.3. The van der Waals surface area contributed by atoms with Crippen molar-refractivity contribution < 1.29 is 32.6 Å². The van der Waals surface area contributed by atoms with Gasteiger partial charge < -0.3 is 15.2 Å². The van der Waals surface area contributed by atoms with Gasteiger partial charge in [-0.1, -0.05) is 59.1 Å². The van der Waals surface area contributed by atoms with E-state index >= 15 is 0 Å². The SMILES string of the molecule is CCOC(=O)C(C(=O)c1cc(F)c(Cl)nc1Cl)=C(SC)SC.CCOC(=O)c1c(=O)c2cc(F)c(Cl)nc2n2c1sc1ccccc12.Nc1ccccc1S. The largest absolute Gasteiger partial charge is 0.462 e. The van der Waals surface area contributed by atoms with E-state index in [1.165, 1.54) is 34.9 Å². The van der Waals surface area contributed by atoms with E-state index in [4.69, 9.17) is 50.0 Å². The average Bonchev–Trinajstić information content (AvgIpc) is 3.54. The quantitative estimate of drug-likeness (QED) is 0.0220. The second-order valence-corrected chi connectivity index (χ2v) is 15.0. The summed E-state index contributed by atoms with van der Waals surface area (Å²) in [7, 11) is 0. The van der Waals surface area contributed by atoms with Gasteiger partial charge in [-0.05, 0) is 62.8 Å². The molecule has 0 spiro atoms. The fourth-order valence-corrected chi connectivity index (χ4v) is 8.06. The Hall–Kier alpha value is -3.90. The topological polar surface area (TPSA) is 143 Å². The van der Waals surface area contributed by atoms with Crippen LogP contribution in [0, 0.1) is 11.6 Å². The van der Waals surface area contributed by atoms with Crippen LogP contribution in [0.3, 0.4) is 0 Å². The highest BCUT2D eigenvalue weighted by Gasteiger charge is 2.29. The van der Waals surface area contributed by atoms with Crippen molar-refractivity contribution in [3.05, 3.63) is 119 Å². The predicted octanol–water partition coefficient (Wildman–Crippen LogP) is 9.80. The molecule has 0 radical (unpaired) electrons. The number of Topliss-reactive ketones (excluding diaryl/α,β-unsaturated/α-hetero) is 1. The van der Waals surface area contributed by atoms with Crippen molar-refractivity contribution in [3.63, 3.8) is 0 Å². The number of ketones is 1. The lowest BCUT2D eigenvalue weighted by atomic mass is 10.1. The number of pyridine rings is 3. The molecule has 4 heterocycles. The number of thiol groups is 1. The molecule has 19 heteroatoms. The summed E-state index contributed by atoms with van der Waals surface area (Å²) in [5.41, 5.74) is 5.93. The Kier molecular flexibility index (Phi) is 15.8. The molecule has 0 fully saturated rings. The van der Waals surface area contributed by atoms with Gasteiger partial charge in [-0.25, -0.2) is 28.3 Å². The maximum Gasteiger partial charge on any atom is 0.345 e. The number of ether oxygens (including phenoxy) is 2. The molecule has 0 aliphatic carbocycles. The van der Waals surface area contributed by atoms with E-state index in [-0.39, 0.29) is 51.3 Å². The fraction of sp³-hybridized carbons (Fsp3) is 0.167. The lowest BCUT2D eigenvalue weighted by Crippen LogP contribution is -2.20.